The summed E-state index contributed by atoms with van der Waals surface area (Å²) in [4.78, 5) is 0. The van der Waals surface area contributed by atoms with Crippen LogP contribution in [-0.4, -0.2) is 12.6 Å². The molecule has 18 heavy (non-hydrogen) atoms. The largest absolute Gasteiger partial charge is 0.314 e. The SMILES string of the molecule is CC(C)Cc1cccc(/C=C/CCNC(C)C)c1. The Bertz CT molecular complexity index is 364. The molecule has 1 aromatic rings. The van der Waals surface area contributed by atoms with Gasteiger partial charge in [-0.15, -0.1) is 0 Å². The Morgan fingerprint density at radius 3 is 2.61 bits per heavy atom. The van der Waals surface area contributed by atoms with Crippen molar-refractivity contribution in [2.24, 2.45) is 5.92 Å². The summed E-state index contributed by atoms with van der Waals surface area (Å²) >= 11 is 0. The highest BCUT2D eigenvalue weighted by atomic mass is 14.9. The Morgan fingerprint density at radius 1 is 1.17 bits per heavy atom. The van der Waals surface area contributed by atoms with Crippen LogP contribution in [0.25, 0.3) is 6.08 Å². The number of benzene rings is 1. The van der Waals surface area contributed by atoms with Crippen LogP contribution in [0.15, 0.2) is 30.3 Å². The average Bonchev–Trinajstić information content (AvgIpc) is 2.27. The van der Waals surface area contributed by atoms with Crippen LogP contribution < -0.4 is 5.32 Å². The van der Waals surface area contributed by atoms with Crippen LogP contribution in [0.1, 0.15) is 45.2 Å². The van der Waals surface area contributed by atoms with Crippen molar-refractivity contribution in [3.63, 3.8) is 0 Å². The fourth-order valence-electron chi connectivity index (χ4n) is 1.97. The molecule has 100 valence electrons. The first-order valence-electron chi connectivity index (χ1n) is 7.07. The van der Waals surface area contributed by atoms with Crippen molar-refractivity contribution >= 4 is 6.08 Å². The maximum Gasteiger partial charge on any atom is 0.00105 e. The smallest absolute Gasteiger partial charge is 0.00105 e. The van der Waals surface area contributed by atoms with Gasteiger partial charge in [0.2, 0.25) is 0 Å². The number of nitrogens with one attached hydrogen (secondary N) is 1. The Morgan fingerprint density at radius 2 is 1.94 bits per heavy atom. The molecular weight excluding hydrogens is 218 g/mol. The van der Waals surface area contributed by atoms with Gasteiger partial charge >= 0.3 is 0 Å². The lowest BCUT2D eigenvalue weighted by atomic mass is 10.0. The summed E-state index contributed by atoms with van der Waals surface area (Å²) in [6.07, 6.45) is 6.73. The van der Waals surface area contributed by atoms with E-state index in [0.717, 1.165) is 25.3 Å². The minimum Gasteiger partial charge on any atom is -0.314 e. The lowest BCUT2D eigenvalue weighted by Crippen LogP contribution is -2.23. The highest BCUT2D eigenvalue weighted by molar-refractivity contribution is 5.50. The molecule has 1 aromatic carbocycles. The number of rotatable bonds is 7. The molecule has 1 heteroatoms. The van der Waals surface area contributed by atoms with Gasteiger partial charge in [0.1, 0.15) is 0 Å². The van der Waals surface area contributed by atoms with E-state index in [1.54, 1.807) is 0 Å². The summed E-state index contributed by atoms with van der Waals surface area (Å²) in [5.74, 6) is 0.722. The molecule has 0 fully saturated rings. The van der Waals surface area contributed by atoms with Crippen LogP contribution >= 0.6 is 0 Å². The maximum absolute atomic E-state index is 3.42. The second-order valence-corrected chi connectivity index (χ2v) is 5.64. The van der Waals surface area contributed by atoms with Crippen molar-refractivity contribution in [2.45, 2.75) is 46.6 Å². The molecular formula is C17H27N. The molecule has 0 radical (unpaired) electrons. The van der Waals surface area contributed by atoms with Crippen molar-refractivity contribution in [3.05, 3.63) is 41.5 Å². The molecule has 1 rings (SSSR count). The summed E-state index contributed by atoms with van der Waals surface area (Å²) in [6, 6.07) is 9.43. The van der Waals surface area contributed by atoms with E-state index in [0.29, 0.717) is 6.04 Å². The molecule has 0 aliphatic heterocycles. The van der Waals surface area contributed by atoms with Gasteiger partial charge in [0, 0.05) is 6.04 Å². The summed E-state index contributed by atoms with van der Waals surface area (Å²) in [5, 5.41) is 3.42. The molecule has 1 nitrogen and oxygen atoms in total. The minimum absolute atomic E-state index is 0.577. The first-order chi connectivity index (χ1) is 8.58. The fourth-order valence-corrected chi connectivity index (χ4v) is 1.97. The van der Waals surface area contributed by atoms with Gasteiger partial charge in [-0.1, -0.05) is 64.1 Å². The van der Waals surface area contributed by atoms with Gasteiger partial charge in [-0.05, 0) is 36.4 Å². The quantitative estimate of drug-likeness (QED) is 0.707. The van der Waals surface area contributed by atoms with E-state index in [4.69, 9.17) is 0 Å². The lowest BCUT2D eigenvalue weighted by molar-refractivity contribution is 0.595. The van der Waals surface area contributed by atoms with Crippen LogP contribution in [0.5, 0.6) is 0 Å². The monoisotopic (exact) mass is 245 g/mol. The van der Waals surface area contributed by atoms with E-state index >= 15 is 0 Å². The normalized spacial score (nSPS) is 11.9. The zero-order valence-electron chi connectivity index (χ0n) is 12.2. The zero-order valence-corrected chi connectivity index (χ0v) is 12.2. The second-order valence-electron chi connectivity index (χ2n) is 5.64. The first-order valence-corrected chi connectivity index (χ1v) is 7.07. The molecule has 0 aromatic heterocycles. The molecule has 0 bridgehead atoms. The highest BCUT2D eigenvalue weighted by Gasteiger charge is 1.97. The third kappa shape index (κ3) is 6.61. The van der Waals surface area contributed by atoms with E-state index in [-0.39, 0.29) is 0 Å². The van der Waals surface area contributed by atoms with E-state index in [9.17, 15) is 0 Å². The molecule has 0 unspecified atom stereocenters. The van der Waals surface area contributed by atoms with Gasteiger partial charge in [-0.2, -0.15) is 0 Å². The Labute approximate surface area is 112 Å². The van der Waals surface area contributed by atoms with Crippen molar-refractivity contribution in [1.82, 2.24) is 5.32 Å². The third-order valence-electron chi connectivity index (χ3n) is 2.77. The van der Waals surface area contributed by atoms with Crippen molar-refractivity contribution in [1.29, 1.82) is 0 Å². The molecule has 0 aliphatic rings. The second kappa shape index (κ2) is 8.10. The first kappa shape index (κ1) is 15.0. The molecule has 0 heterocycles. The Balaban J connectivity index is 2.44. The molecule has 0 aliphatic carbocycles. The van der Waals surface area contributed by atoms with Gasteiger partial charge in [-0.3, -0.25) is 0 Å². The predicted molar refractivity (Wildman–Crippen MR) is 81.8 cm³/mol. The summed E-state index contributed by atoms with van der Waals surface area (Å²) < 4.78 is 0. The van der Waals surface area contributed by atoms with Crippen LogP contribution in [0, 0.1) is 5.92 Å². The minimum atomic E-state index is 0.577. The van der Waals surface area contributed by atoms with E-state index in [1.807, 2.05) is 0 Å². The molecule has 0 saturated heterocycles. The molecule has 0 atom stereocenters. The summed E-state index contributed by atoms with van der Waals surface area (Å²) in [6.45, 7) is 9.94. The highest BCUT2D eigenvalue weighted by Crippen LogP contribution is 2.11. The van der Waals surface area contributed by atoms with Crippen LogP contribution in [0.2, 0.25) is 0 Å². The molecule has 1 N–H and O–H groups in total. The summed E-state index contributed by atoms with van der Waals surface area (Å²) in [7, 11) is 0. The maximum atomic E-state index is 3.42. The number of hydrogen-bond donors (Lipinski definition) is 1. The van der Waals surface area contributed by atoms with E-state index < -0.39 is 0 Å². The zero-order chi connectivity index (χ0) is 13.4. The fraction of sp³-hybridized carbons (Fsp3) is 0.529. The topological polar surface area (TPSA) is 12.0 Å². The van der Waals surface area contributed by atoms with Crippen LogP contribution in [-0.2, 0) is 6.42 Å². The standard InChI is InChI=1S/C17H27N/c1-14(2)12-17-10-7-9-16(13-17)8-5-6-11-18-15(3)4/h5,7-10,13-15,18H,6,11-12H2,1-4H3/b8-5+. The van der Waals surface area contributed by atoms with E-state index in [1.165, 1.54) is 11.1 Å². The number of hydrogen-bond acceptors (Lipinski definition) is 1. The van der Waals surface area contributed by atoms with Crippen molar-refractivity contribution < 1.29 is 0 Å². The molecule has 0 spiro atoms. The van der Waals surface area contributed by atoms with Crippen molar-refractivity contribution in [2.75, 3.05) is 6.54 Å². The van der Waals surface area contributed by atoms with Gasteiger partial charge in [-0.25, -0.2) is 0 Å². The van der Waals surface area contributed by atoms with Gasteiger partial charge < -0.3 is 5.32 Å². The Kier molecular flexibility index (Phi) is 6.74. The predicted octanol–water partition coefficient (Wildman–Crippen LogP) is 4.29. The average molecular weight is 245 g/mol. The lowest BCUT2D eigenvalue weighted by Gasteiger charge is -2.06. The van der Waals surface area contributed by atoms with Gasteiger partial charge in [0.15, 0.2) is 0 Å². The molecule has 0 saturated carbocycles. The Hall–Kier alpha value is -1.08. The van der Waals surface area contributed by atoms with E-state index in [2.05, 4.69) is 69.4 Å². The van der Waals surface area contributed by atoms with Crippen LogP contribution in [0.4, 0.5) is 0 Å². The summed E-state index contributed by atoms with van der Waals surface area (Å²) in [5.41, 5.74) is 2.75. The molecule has 0 amide bonds. The third-order valence-corrected chi connectivity index (χ3v) is 2.77. The van der Waals surface area contributed by atoms with Gasteiger partial charge in [0.25, 0.3) is 0 Å². The van der Waals surface area contributed by atoms with Gasteiger partial charge in [0.05, 0.1) is 0 Å². The van der Waals surface area contributed by atoms with Crippen molar-refractivity contribution in [3.8, 4) is 0 Å². The van der Waals surface area contributed by atoms with Crippen LogP contribution in [0.3, 0.4) is 0 Å².